The maximum absolute atomic E-state index is 13.4. The van der Waals surface area contributed by atoms with E-state index >= 15 is 0 Å². The number of ether oxygens (including phenoxy) is 2. The van der Waals surface area contributed by atoms with Crippen molar-refractivity contribution in [2.75, 3.05) is 20.3 Å². The number of pyridine rings is 1. The van der Waals surface area contributed by atoms with E-state index in [-0.39, 0.29) is 18.3 Å². The van der Waals surface area contributed by atoms with E-state index in [0.717, 1.165) is 16.8 Å². The van der Waals surface area contributed by atoms with Crippen LogP contribution in [0.5, 0.6) is 0 Å². The van der Waals surface area contributed by atoms with Gasteiger partial charge in [0, 0.05) is 48.8 Å². The first-order valence-electron chi connectivity index (χ1n) is 10.4. The Morgan fingerprint density at radius 2 is 1.87 bits per heavy atom. The lowest BCUT2D eigenvalue weighted by atomic mass is 9.72. The van der Waals surface area contributed by atoms with E-state index < -0.39 is 11.9 Å². The largest absolute Gasteiger partial charge is 0.460 e. The van der Waals surface area contributed by atoms with Gasteiger partial charge in [0.05, 0.1) is 12.2 Å². The van der Waals surface area contributed by atoms with Gasteiger partial charge in [0.25, 0.3) is 0 Å². The van der Waals surface area contributed by atoms with Crippen LogP contribution in [0.15, 0.2) is 77.4 Å². The molecule has 1 aromatic heterocycles. The summed E-state index contributed by atoms with van der Waals surface area (Å²) in [5.41, 5.74) is 4.63. The van der Waals surface area contributed by atoms with E-state index in [1.54, 1.807) is 19.5 Å². The molecule has 1 N–H and O–H groups in total. The summed E-state index contributed by atoms with van der Waals surface area (Å²) in [4.78, 5) is 30.7. The number of carbonyl (C=O) groups excluding carboxylic acids is 2. The van der Waals surface area contributed by atoms with Crippen LogP contribution < -0.4 is 5.32 Å². The zero-order valence-electron chi connectivity index (χ0n) is 17.8. The number of esters is 1. The van der Waals surface area contributed by atoms with Crippen LogP contribution in [0.2, 0.25) is 0 Å². The molecule has 1 aliphatic carbocycles. The molecule has 0 radical (unpaired) electrons. The molecule has 0 spiro atoms. The molecule has 0 saturated heterocycles. The second-order valence-corrected chi connectivity index (χ2v) is 7.84. The molecule has 6 nitrogen and oxygen atoms in total. The molecule has 2 aromatic rings. The fraction of sp³-hybridized carbons (Fsp3) is 0.320. The number of allylic oxidation sites excluding steroid dienone is 3. The number of dihydropyridines is 1. The van der Waals surface area contributed by atoms with Crippen molar-refractivity contribution in [2.24, 2.45) is 0 Å². The quantitative estimate of drug-likeness (QED) is 0.570. The smallest absolute Gasteiger partial charge is 0.336 e. The Kier molecular flexibility index (Phi) is 6.28. The number of hydrogen-bond donors (Lipinski definition) is 1. The van der Waals surface area contributed by atoms with Crippen molar-refractivity contribution in [2.45, 2.75) is 31.6 Å². The Balaban J connectivity index is 1.73. The summed E-state index contributed by atoms with van der Waals surface area (Å²) >= 11 is 0. The first-order chi connectivity index (χ1) is 15.1. The Bertz CT molecular complexity index is 1030. The number of nitrogens with zero attached hydrogens (tertiary/aromatic N) is 1. The van der Waals surface area contributed by atoms with Crippen molar-refractivity contribution in [3.63, 3.8) is 0 Å². The van der Waals surface area contributed by atoms with E-state index in [9.17, 15) is 9.59 Å². The fourth-order valence-electron chi connectivity index (χ4n) is 4.45. The number of benzene rings is 1. The molecule has 0 unspecified atom stereocenters. The highest BCUT2D eigenvalue weighted by Crippen LogP contribution is 2.45. The summed E-state index contributed by atoms with van der Waals surface area (Å²) < 4.78 is 10.4. The summed E-state index contributed by atoms with van der Waals surface area (Å²) in [7, 11) is 1.56. The maximum atomic E-state index is 13.4. The van der Waals surface area contributed by atoms with Gasteiger partial charge >= 0.3 is 5.97 Å². The van der Waals surface area contributed by atoms with Crippen LogP contribution >= 0.6 is 0 Å². The second-order valence-electron chi connectivity index (χ2n) is 7.84. The van der Waals surface area contributed by atoms with Crippen LogP contribution in [-0.2, 0) is 19.1 Å². The molecule has 2 aliphatic rings. The zero-order valence-corrected chi connectivity index (χ0v) is 17.8. The van der Waals surface area contributed by atoms with E-state index in [0.29, 0.717) is 36.3 Å². The number of carbonyl (C=O) groups is 2. The maximum Gasteiger partial charge on any atom is 0.336 e. The van der Waals surface area contributed by atoms with E-state index in [4.69, 9.17) is 9.47 Å². The lowest BCUT2D eigenvalue weighted by Gasteiger charge is -2.36. The molecule has 2 atom stereocenters. The van der Waals surface area contributed by atoms with Gasteiger partial charge < -0.3 is 14.8 Å². The fourth-order valence-corrected chi connectivity index (χ4v) is 4.45. The van der Waals surface area contributed by atoms with Gasteiger partial charge in [0.1, 0.15) is 6.61 Å². The topological polar surface area (TPSA) is 77.5 Å². The summed E-state index contributed by atoms with van der Waals surface area (Å²) in [6, 6.07) is 13.8. The Labute approximate surface area is 182 Å². The van der Waals surface area contributed by atoms with Crippen LogP contribution in [-0.4, -0.2) is 37.1 Å². The van der Waals surface area contributed by atoms with Crippen molar-refractivity contribution < 1.29 is 19.1 Å². The number of rotatable bonds is 6. The first-order valence-corrected chi connectivity index (χ1v) is 10.4. The number of ketones is 1. The van der Waals surface area contributed by atoms with Gasteiger partial charge in [-0.2, -0.15) is 0 Å². The van der Waals surface area contributed by atoms with Crippen molar-refractivity contribution in [1.82, 2.24) is 10.3 Å². The molecular weight excluding hydrogens is 392 g/mol. The van der Waals surface area contributed by atoms with Crippen LogP contribution in [0.25, 0.3) is 0 Å². The third kappa shape index (κ3) is 4.30. The molecule has 0 saturated carbocycles. The molecule has 0 bridgehead atoms. The average Bonchev–Trinajstić information content (AvgIpc) is 2.79. The van der Waals surface area contributed by atoms with Gasteiger partial charge in [0.2, 0.25) is 0 Å². The molecule has 2 heterocycles. The highest BCUT2D eigenvalue weighted by molar-refractivity contribution is 6.04. The van der Waals surface area contributed by atoms with Gasteiger partial charge in [-0.15, -0.1) is 0 Å². The predicted molar refractivity (Wildman–Crippen MR) is 116 cm³/mol. The summed E-state index contributed by atoms with van der Waals surface area (Å²) in [6.07, 6.45) is 4.52. The van der Waals surface area contributed by atoms with Crippen LogP contribution in [0, 0.1) is 0 Å². The highest BCUT2D eigenvalue weighted by Gasteiger charge is 2.41. The highest BCUT2D eigenvalue weighted by atomic mass is 16.6. The van der Waals surface area contributed by atoms with Gasteiger partial charge in [-0.25, -0.2) is 4.79 Å². The number of hydrogen-bond acceptors (Lipinski definition) is 6. The molecule has 1 aliphatic heterocycles. The minimum Gasteiger partial charge on any atom is -0.460 e. The standard InChI is InChI=1S/C25H26N2O4/c1-16-22(25(29)31-12-11-30-2)23(18-9-6-10-26-15-18)24-20(27-16)13-19(14-21(24)28)17-7-4-3-5-8-17/h3-10,15,19,23,27H,11-14H2,1-2H3/t19-,23+/m1/s1. The summed E-state index contributed by atoms with van der Waals surface area (Å²) in [6.45, 7) is 2.33. The van der Waals surface area contributed by atoms with Gasteiger partial charge in [-0.1, -0.05) is 36.4 Å². The molecule has 6 heteroatoms. The van der Waals surface area contributed by atoms with Crippen LogP contribution in [0.1, 0.15) is 42.7 Å². The Morgan fingerprint density at radius 3 is 2.58 bits per heavy atom. The number of aromatic nitrogens is 1. The minimum absolute atomic E-state index is 0.0474. The number of nitrogens with one attached hydrogen (secondary N) is 1. The zero-order chi connectivity index (χ0) is 21.8. The third-order valence-corrected chi connectivity index (χ3v) is 5.86. The predicted octanol–water partition coefficient (Wildman–Crippen LogP) is 3.63. The monoisotopic (exact) mass is 418 g/mol. The van der Waals surface area contributed by atoms with Gasteiger partial charge in [-0.3, -0.25) is 9.78 Å². The second kappa shape index (κ2) is 9.27. The molecule has 31 heavy (non-hydrogen) atoms. The average molecular weight is 418 g/mol. The van der Waals surface area contributed by atoms with E-state index in [2.05, 4.69) is 22.4 Å². The van der Waals surface area contributed by atoms with E-state index in [1.165, 1.54) is 0 Å². The lowest BCUT2D eigenvalue weighted by molar-refractivity contribution is -0.140. The molecular formula is C25H26N2O4. The molecule has 4 rings (SSSR count). The Morgan fingerprint density at radius 1 is 1.10 bits per heavy atom. The van der Waals surface area contributed by atoms with Gasteiger partial charge in [0.15, 0.2) is 5.78 Å². The van der Waals surface area contributed by atoms with Crippen molar-refractivity contribution >= 4 is 11.8 Å². The normalized spacial score (nSPS) is 20.9. The molecule has 0 fully saturated rings. The first kappa shape index (κ1) is 21.0. The van der Waals surface area contributed by atoms with E-state index in [1.807, 2.05) is 37.3 Å². The molecule has 160 valence electrons. The molecule has 0 amide bonds. The third-order valence-electron chi connectivity index (χ3n) is 5.86. The van der Waals surface area contributed by atoms with Crippen molar-refractivity contribution in [1.29, 1.82) is 0 Å². The summed E-state index contributed by atoms with van der Waals surface area (Å²) in [5.74, 6) is -0.784. The van der Waals surface area contributed by atoms with Crippen molar-refractivity contribution in [3.8, 4) is 0 Å². The minimum atomic E-state index is -0.496. The number of methoxy groups -OCH3 is 1. The lowest BCUT2D eigenvalue weighted by Crippen LogP contribution is -2.36. The van der Waals surface area contributed by atoms with Crippen LogP contribution in [0.3, 0.4) is 0 Å². The van der Waals surface area contributed by atoms with Gasteiger partial charge in [-0.05, 0) is 36.5 Å². The van der Waals surface area contributed by atoms with Crippen molar-refractivity contribution in [3.05, 3.63) is 88.5 Å². The Hall–Kier alpha value is -3.25. The van der Waals surface area contributed by atoms with Crippen LogP contribution in [0.4, 0.5) is 0 Å². The summed E-state index contributed by atoms with van der Waals surface area (Å²) in [5, 5.41) is 3.36. The molecule has 1 aromatic carbocycles. The SMILES string of the molecule is COCCOC(=O)C1=C(C)NC2=C(C(=O)C[C@H](c3ccccc3)C2)[C@H]1c1cccnc1. The number of Topliss-reactive ketones (excluding diaryl/α,β-unsaturated/α-hetero) is 1.